The summed E-state index contributed by atoms with van der Waals surface area (Å²) in [4.78, 5) is 14.5. The molecule has 1 heterocycles. The van der Waals surface area contributed by atoms with Crippen molar-refractivity contribution in [2.75, 3.05) is 12.3 Å². The highest BCUT2D eigenvalue weighted by atomic mass is 32.2. The van der Waals surface area contributed by atoms with Gasteiger partial charge >= 0.3 is 0 Å². The van der Waals surface area contributed by atoms with E-state index < -0.39 is 0 Å². The molecule has 0 radical (unpaired) electrons. The van der Waals surface area contributed by atoms with Gasteiger partial charge in [-0.2, -0.15) is 0 Å². The predicted molar refractivity (Wildman–Crippen MR) is 64.2 cm³/mol. The van der Waals surface area contributed by atoms with Crippen molar-refractivity contribution >= 4 is 17.7 Å². The van der Waals surface area contributed by atoms with Gasteiger partial charge in [-0.15, -0.1) is 11.8 Å². The average Bonchev–Trinajstić information content (AvgIpc) is 2.49. The fourth-order valence-corrected chi connectivity index (χ4v) is 2.82. The number of thioether (sulfide) groups is 1. The number of carbonyl (C=O) groups is 1. The maximum absolute atomic E-state index is 11.4. The van der Waals surface area contributed by atoms with Gasteiger partial charge in [-0.3, -0.25) is 4.79 Å². The molecule has 1 aliphatic heterocycles. The van der Waals surface area contributed by atoms with Crippen LogP contribution in [0.3, 0.4) is 0 Å². The number of hydrogen-bond acceptors (Lipinski definition) is 3. The number of rotatable bonds is 1. The maximum atomic E-state index is 11.4. The van der Waals surface area contributed by atoms with E-state index in [1.807, 2.05) is 23.1 Å². The highest BCUT2D eigenvalue weighted by Crippen LogP contribution is 2.28. The van der Waals surface area contributed by atoms with Gasteiger partial charge in [-0.25, -0.2) is 0 Å². The molecule has 86 valence electrons. The van der Waals surface area contributed by atoms with Gasteiger partial charge in [-0.1, -0.05) is 12.1 Å². The van der Waals surface area contributed by atoms with Crippen LogP contribution in [0.1, 0.15) is 18.1 Å². The lowest BCUT2D eigenvalue weighted by Gasteiger charge is -2.18. The van der Waals surface area contributed by atoms with E-state index >= 15 is 0 Å². The number of amides is 1. The summed E-state index contributed by atoms with van der Waals surface area (Å²) in [6.45, 7) is 3.11. The second kappa shape index (κ2) is 4.89. The summed E-state index contributed by atoms with van der Waals surface area (Å²) < 4.78 is 0. The Hall–Kier alpha value is -1.00. The molecule has 1 aliphatic rings. The van der Waals surface area contributed by atoms with Crippen LogP contribution in [0.5, 0.6) is 0 Å². The highest BCUT2D eigenvalue weighted by molar-refractivity contribution is 7.99. The van der Waals surface area contributed by atoms with E-state index in [4.69, 9.17) is 5.11 Å². The molecule has 1 amide bonds. The summed E-state index contributed by atoms with van der Waals surface area (Å²) >= 11 is 1.77. The molecule has 3 nitrogen and oxygen atoms in total. The summed E-state index contributed by atoms with van der Waals surface area (Å²) in [5.74, 6) is 1.05. The molecular formula is C12H15NO2S. The first-order valence-electron chi connectivity index (χ1n) is 5.31. The summed E-state index contributed by atoms with van der Waals surface area (Å²) in [5.41, 5.74) is 2.05. The first-order valence-corrected chi connectivity index (χ1v) is 6.30. The molecule has 0 saturated carbocycles. The standard InChI is InChI=1S/C12H15NO2S/c1-9(15)13-4-5-16-12-3-2-10(8-14)6-11(12)7-13/h2-3,6,14H,4-5,7-8H2,1H3. The van der Waals surface area contributed by atoms with Gasteiger partial charge in [0.2, 0.25) is 5.91 Å². The SMILES string of the molecule is CC(=O)N1CCSc2ccc(CO)cc2C1. The summed E-state index contributed by atoms with van der Waals surface area (Å²) in [6.07, 6.45) is 0. The van der Waals surface area contributed by atoms with Gasteiger partial charge in [0.15, 0.2) is 0 Å². The van der Waals surface area contributed by atoms with E-state index in [0.29, 0.717) is 6.54 Å². The Morgan fingerprint density at radius 1 is 1.56 bits per heavy atom. The van der Waals surface area contributed by atoms with Crippen LogP contribution in [0, 0.1) is 0 Å². The van der Waals surface area contributed by atoms with Gasteiger partial charge < -0.3 is 10.0 Å². The second-order valence-corrected chi connectivity index (χ2v) is 5.03. The molecule has 2 rings (SSSR count). The van der Waals surface area contributed by atoms with Crippen molar-refractivity contribution in [1.29, 1.82) is 0 Å². The van der Waals surface area contributed by atoms with Crippen molar-refractivity contribution in [2.24, 2.45) is 0 Å². The quantitative estimate of drug-likeness (QED) is 0.807. The molecule has 0 atom stereocenters. The molecular weight excluding hydrogens is 222 g/mol. The Kier molecular flexibility index (Phi) is 3.51. The Morgan fingerprint density at radius 2 is 2.38 bits per heavy atom. The van der Waals surface area contributed by atoms with Crippen molar-refractivity contribution in [3.8, 4) is 0 Å². The molecule has 0 aliphatic carbocycles. The number of benzene rings is 1. The Morgan fingerprint density at radius 3 is 3.06 bits per heavy atom. The molecule has 4 heteroatoms. The summed E-state index contributed by atoms with van der Waals surface area (Å²) in [5, 5.41) is 9.10. The number of aliphatic hydroxyl groups excluding tert-OH is 1. The van der Waals surface area contributed by atoms with Crippen LogP contribution in [0.4, 0.5) is 0 Å². The Labute approximate surface area is 99.5 Å². The smallest absolute Gasteiger partial charge is 0.219 e. The molecule has 0 unspecified atom stereocenters. The number of nitrogens with zero attached hydrogens (tertiary/aromatic N) is 1. The maximum Gasteiger partial charge on any atom is 0.219 e. The van der Waals surface area contributed by atoms with Crippen molar-refractivity contribution in [1.82, 2.24) is 4.90 Å². The van der Waals surface area contributed by atoms with Crippen molar-refractivity contribution in [2.45, 2.75) is 25.0 Å². The van der Waals surface area contributed by atoms with Crippen molar-refractivity contribution < 1.29 is 9.90 Å². The van der Waals surface area contributed by atoms with Crippen LogP contribution in [-0.4, -0.2) is 28.2 Å². The fraction of sp³-hybridized carbons (Fsp3) is 0.417. The number of hydrogen-bond donors (Lipinski definition) is 1. The number of carbonyl (C=O) groups excluding carboxylic acids is 1. The minimum absolute atomic E-state index is 0.0536. The van der Waals surface area contributed by atoms with Crippen molar-refractivity contribution in [3.05, 3.63) is 29.3 Å². The third-order valence-corrected chi connectivity index (χ3v) is 3.83. The zero-order valence-corrected chi connectivity index (χ0v) is 10.1. The third kappa shape index (κ3) is 2.39. The van der Waals surface area contributed by atoms with Gasteiger partial charge in [0, 0.05) is 30.7 Å². The first-order chi connectivity index (χ1) is 7.70. The topological polar surface area (TPSA) is 40.5 Å². The molecule has 0 saturated heterocycles. The number of aliphatic hydroxyl groups is 1. The minimum atomic E-state index is 0.0536. The van der Waals surface area contributed by atoms with Crippen LogP contribution in [0.25, 0.3) is 0 Å². The van der Waals surface area contributed by atoms with Gasteiger partial charge in [0.25, 0.3) is 0 Å². The predicted octanol–water partition coefficient (Wildman–Crippen LogP) is 1.63. The normalized spacial score (nSPS) is 15.5. The van der Waals surface area contributed by atoms with E-state index in [2.05, 4.69) is 0 Å². The molecule has 1 N–H and O–H groups in total. The summed E-state index contributed by atoms with van der Waals surface area (Å²) in [7, 11) is 0. The van der Waals surface area contributed by atoms with Gasteiger partial charge in [0.05, 0.1) is 6.61 Å². The number of fused-ring (bicyclic) bond motifs is 1. The summed E-state index contributed by atoms with van der Waals surface area (Å²) in [6, 6.07) is 5.97. The van der Waals surface area contributed by atoms with Crippen LogP contribution in [0.15, 0.2) is 23.1 Å². The van der Waals surface area contributed by atoms with E-state index in [1.54, 1.807) is 18.7 Å². The lowest BCUT2D eigenvalue weighted by Crippen LogP contribution is -2.29. The Balaban J connectivity index is 2.30. The zero-order valence-electron chi connectivity index (χ0n) is 9.27. The van der Waals surface area contributed by atoms with E-state index in [0.717, 1.165) is 23.4 Å². The van der Waals surface area contributed by atoms with Crippen molar-refractivity contribution in [3.63, 3.8) is 0 Å². The first kappa shape index (κ1) is 11.5. The zero-order chi connectivity index (χ0) is 11.5. The lowest BCUT2D eigenvalue weighted by molar-refractivity contribution is -0.129. The fourth-order valence-electron chi connectivity index (χ4n) is 1.81. The van der Waals surface area contributed by atoms with Gasteiger partial charge in [-0.05, 0) is 17.2 Å². The van der Waals surface area contributed by atoms with E-state index in [-0.39, 0.29) is 12.5 Å². The minimum Gasteiger partial charge on any atom is -0.392 e. The lowest BCUT2D eigenvalue weighted by atomic mass is 10.1. The molecule has 16 heavy (non-hydrogen) atoms. The van der Waals surface area contributed by atoms with Crippen LogP contribution >= 0.6 is 11.8 Å². The molecule has 1 aromatic carbocycles. The molecule has 0 aromatic heterocycles. The van der Waals surface area contributed by atoms with Crippen LogP contribution < -0.4 is 0 Å². The second-order valence-electron chi connectivity index (χ2n) is 3.89. The van der Waals surface area contributed by atoms with Crippen LogP contribution in [-0.2, 0) is 17.9 Å². The Bertz CT molecular complexity index is 406. The third-order valence-electron chi connectivity index (χ3n) is 2.73. The van der Waals surface area contributed by atoms with E-state index in [1.165, 1.54) is 4.90 Å². The highest BCUT2D eigenvalue weighted by Gasteiger charge is 2.16. The van der Waals surface area contributed by atoms with Crippen LogP contribution in [0.2, 0.25) is 0 Å². The molecule has 1 aromatic rings. The monoisotopic (exact) mass is 237 g/mol. The largest absolute Gasteiger partial charge is 0.392 e. The molecule has 0 fully saturated rings. The van der Waals surface area contributed by atoms with E-state index in [9.17, 15) is 4.79 Å². The molecule has 0 bridgehead atoms. The average molecular weight is 237 g/mol. The molecule has 0 spiro atoms. The van der Waals surface area contributed by atoms with Gasteiger partial charge in [0.1, 0.15) is 0 Å².